The summed E-state index contributed by atoms with van der Waals surface area (Å²) in [5, 5.41) is 0. The zero-order valence-electron chi connectivity index (χ0n) is 15.9. The van der Waals surface area contributed by atoms with E-state index in [1.165, 1.54) is 12.1 Å². The molecule has 2 heterocycles. The van der Waals surface area contributed by atoms with Gasteiger partial charge in [-0.05, 0) is 44.5 Å². The lowest BCUT2D eigenvalue weighted by atomic mass is 10.0. The van der Waals surface area contributed by atoms with Gasteiger partial charge in [0.05, 0.1) is 12.8 Å². The number of ether oxygens (including phenoxy) is 1. The molecule has 3 aromatic rings. The zero-order valence-corrected chi connectivity index (χ0v) is 15.9. The highest BCUT2D eigenvalue weighted by atomic mass is 19.1. The average molecular weight is 384 g/mol. The van der Waals surface area contributed by atoms with Crippen molar-refractivity contribution >= 4 is 0 Å². The smallest absolute Gasteiger partial charge is 0.226 e. The van der Waals surface area contributed by atoms with Gasteiger partial charge < -0.3 is 9.15 Å². The average Bonchev–Trinajstić information content (AvgIpc) is 3.28. The highest BCUT2D eigenvalue weighted by Gasteiger charge is 2.29. The lowest BCUT2D eigenvalue weighted by Crippen LogP contribution is -2.23. The number of hydrogen-bond acceptors (Lipinski definition) is 4. The summed E-state index contributed by atoms with van der Waals surface area (Å²) in [7, 11) is 1.68. The highest BCUT2D eigenvalue weighted by molar-refractivity contribution is 5.54. The predicted molar refractivity (Wildman–Crippen MR) is 102 cm³/mol. The second kappa shape index (κ2) is 7.72. The number of nitrogens with zero attached hydrogens (tertiary/aromatic N) is 2. The van der Waals surface area contributed by atoms with Crippen LogP contribution < -0.4 is 4.74 Å². The minimum absolute atomic E-state index is 0.235. The molecule has 1 aliphatic heterocycles. The van der Waals surface area contributed by atoms with Gasteiger partial charge in [0.15, 0.2) is 0 Å². The molecule has 28 heavy (non-hydrogen) atoms. The monoisotopic (exact) mass is 384 g/mol. The maximum absolute atomic E-state index is 13.5. The van der Waals surface area contributed by atoms with Crippen LogP contribution in [0.15, 0.2) is 46.9 Å². The van der Waals surface area contributed by atoms with Crippen LogP contribution in [0.4, 0.5) is 8.78 Å². The van der Waals surface area contributed by atoms with E-state index < -0.39 is 11.6 Å². The topological polar surface area (TPSA) is 38.5 Å². The maximum Gasteiger partial charge on any atom is 0.226 e. The number of halogens is 2. The van der Waals surface area contributed by atoms with E-state index >= 15 is 0 Å². The zero-order chi connectivity index (χ0) is 19.7. The number of aryl methyl sites for hydroxylation is 1. The SMILES string of the molecule is COc1ccccc1C1CCCN1Cc1nc(-c2cc(F)cc(F)c2)oc1C. The standard InChI is InChI=1S/C22H22F2N2O2/c1-14-19(25-22(28-14)15-10-16(23)12-17(24)11-15)13-26-9-5-7-20(26)18-6-3-4-8-21(18)27-2/h3-4,6,8,10-12,20H,5,7,9,13H2,1-2H3. The number of methoxy groups -OCH3 is 1. The Labute approximate surface area is 162 Å². The van der Waals surface area contributed by atoms with Crippen molar-refractivity contribution in [3.8, 4) is 17.2 Å². The molecule has 0 radical (unpaired) electrons. The van der Waals surface area contributed by atoms with Gasteiger partial charge in [0.2, 0.25) is 5.89 Å². The van der Waals surface area contributed by atoms with E-state index in [0.717, 1.165) is 42.5 Å². The maximum atomic E-state index is 13.5. The number of likely N-dealkylation sites (tertiary alicyclic amines) is 1. The Hall–Kier alpha value is -2.73. The van der Waals surface area contributed by atoms with Crippen molar-refractivity contribution in [1.29, 1.82) is 0 Å². The first-order valence-electron chi connectivity index (χ1n) is 9.35. The number of aromatic nitrogens is 1. The van der Waals surface area contributed by atoms with Crippen LogP contribution in [0.3, 0.4) is 0 Å². The molecule has 4 nitrogen and oxygen atoms in total. The summed E-state index contributed by atoms with van der Waals surface area (Å²) in [5.74, 6) is 0.475. The fourth-order valence-corrected chi connectivity index (χ4v) is 3.88. The van der Waals surface area contributed by atoms with E-state index in [2.05, 4.69) is 16.0 Å². The third kappa shape index (κ3) is 3.64. The van der Waals surface area contributed by atoms with Gasteiger partial charge in [0, 0.05) is 29.8 Å². The molecule has 1 atom stereocenters. The van der Waals surface area contributed by atoms with Gasteiger partial charge >= 0.3 is 0 Å². The summed E-state index contributed by atoms with van der Waals surface area (Å²) in [6.45, 7) is 3.38. The van der Waals surface area contributed by atoms with Gasteiger partial charge in [-0.25, -0.2) is 13.8 Å². The fraction of sp³-hybridized carbons (Fsp3) is 0.318. The highest BCUT2D eigenvalue weighted by Crippen LogP contribution is 2.38. The first-order valence-corrected chi connectivity index (χ1v) is 9.35. The van der Waals surface area contributed by atoms with Crippen LogP contribution in [-0.4, -0.2) is 23.5 Å². The normalized spacial score (nSPS) is 17.2. The van der Waals surface area contributed by atoms with Crippen LogP contribution in [-0.2, 0) is 6.54 Å². The number of rotatable bonds is 5. The lowest BCUT2D eigenvalue weighted by Gasteiger charge is -2.25. The Balaban J connectivity index is 1.59. The van der Waals surface area contributed by atoms with E-state index in [1.807, 2.05) is 25.1 Å². The van der Waals surface area contributed by atoms with Crippen molar-refractivity contribution in [3.05, 3.63) is 71.1 Å². The third-order valence-electron chi connectivity index (χ3n) is 5.22. The summed E-state index contributed by atoms with van der Waals surface area (Å²) in [5.41, 5.74) is 2.24. The minimum atomic E-state index is -0.650. The number of hydrogen-bond donors (Lipinski definition) is 0. The largest absolute Gasteiger partial charge is 0.496 e. The summed E-state index contributed by atoms with van der Waals surface area (Å²) >= 11 is 0. The van der Waals surface area contributed by atoms with Crippen LogP contribution in [0, 0.1) is 18.6 Å². The molecule has 146 valence electrons. The van der Waals surface area contributed by atoms with Gasteiger partial charge in [-0.3, -0.25) is 4.90 Å². The first kappa shape index (κ1) is 18.6. The van der Waals surface area contributed by atoms with Crippen LogP contribution in [0.1, 0.15) is 35.9 Å². The quantitative estimate of drug-likeness (QED) is 0.600. The third-order valence-corrected chi connectivity index (χ3v) is 5.22. The molecule has 0 bridgehead atoms. The summed E-state index contributed by atoms with van der Waals surface area (Å²) in [6, 6.07) is 11.6. The second-order valence-corrected chi connectivity index (χ2v) is 7.05. The van der Waals surface area contributed by atoms with Crippen LogP contribution >= 0.6 is 0 Å². The van der Waals surface area contributed by atoms with Crippen molar-refractivity contribution in [3.63, 3.8) is 0 Å². The van der Waals surface area contributed by atoms with Gasteiger partial charge in [-0.15, -0.1) is 0 Å². The molecule has 0 N–H and O–H groups in total. The van der Waals surface area contributed by atoms with E-state index in [9.17, 15) is 8.78 Å². The molecule has 0 spiro atoms. The van der Waals surface area contributed by atoms with Gasteiger partial charge in [-0.2, -0.15) is 0 Å². The van der Waals surface area contributed by atoms with E-state index in [4.69, 9.17) is 9.15 Å². The Morgan fingerprint density at radius 1 is 1.18 bits per heavy atom. The summed E-state index contributed by atoms with van der Waals surface area (Å²) in [4.78, 5) is 6.87. The fourth-order valence-electron chi connectivity index (χ4n) is 3.88. The molecular weight excluding hydrogens is 362 g/mol. The molecule has 1 aliphatic rings. The molecule has 4 rings (SSSR count). The van der Waals surface area contributed by atoms with Crippen molar-refractivity contribution in [2.75, 3.05) is 13.7 Å². The molecule has 1 aromatic heterocycles. The molecule has 0 saturated carbocycles. The van der Waals surface area contributed by atoms with Crippen LogP contribution in [0.2, 0.25) is 0 Å². The lowest BCUT2D eigenvalue weighted by molar-refractivity contribution is 0.239. The van der Waals surface area contributed by atoms with Crippen molar-refractivity contribution in [2.24, 2.45) is 0 Å². The Morgan fingerprint density at radius 3 is 2.68 bits per heavy atom. The molecule has 2 aromatic carbocycles. The van der Waals surface area contributed by atoms with Crippen molar-refractivity contribution in [1.82, 2.24) is 9.88 Å². The van der Waals surface area contributed by atoms with Crippen molar-refractivity contribution < 1.29 is 17.9 Å². The van der Waals surface area contributed by atoms with E-state index in [0.29, 0.717) is 17.9 Å². The van der Waals surface area contributed by atoms with Crippen LogP contribution in [0.5, 0.6) is 5.75 Å². The number of oxazole rings is 1. The Bertz CT molecular complexity index is 966. The number of benzene rings is 2. The Morgan fingerprint density at radius 2 is 1.93 bits per heavy atom. The molecule has 0 aliphatic carbocycles. The predicted octanol–water partition coefficient (Wildman–Crippen LogP) is 5.27. The van der Waals surface area contributed by atoms with E-state index in [1.54, 1.807) is 7.11 Å². The first-order chi connectivity index (χ1) is 13.5. The summed E-state index contributed by atoms with van der Waals surface area (Å²) < 4.78 is 38.3. The van der Waals surface area contributed by atoms with Crippen LogP contribution in [0.25, 0.3) is 11.5 Å². The summed E-state index contributed by atoms with van der Waals surface area (Å²) in [6.07, 6.45) is 2.13. The molecule has 1 saturated heterocycles. The van der Waals surface area contributed by atoms with Gasteiger partial charge in [-0.1, -0.05) is 18.2 Å². The molecular formula is C22H22F2N2O2. The molecule has 1 unspecified atom stereocenters. The molecule has 6 heteroatoms. The van der Waals surface area contributed by atoms with Gasteiger partial charge in [0.25, 0.3) is 0 Å². The van der Waals surface area contributed by atoms with E-state index in [-0.39, 0.29) is 11.9 Å². The number of para-hydroxylation sites is 1. The Kier molecular flexibility index (Phi) is 5.13. The van der Waals surface area contributed by atoms with Gasteiger partial charge in [0.1, 0.15) is 23.1 Å². The minimum Gasteiger partial charge on any atom is -0.496 e. The van der Waals surface area contributed by atoms with Crippen molar-refractivity contribution in [2.45, 2.75) is 32.4 Å². The molecule has 1 fully saturated rings. The molecule has 0 amide bonds. The second-order valence-electron chi connectivity index (χ2n) is 7.05.